The predicted octanol–water partition coefficient (Wildman–Crippen LogP) is 7.35. The van der Waals surface area contributed by atoms with Gasteiger partial charge in [0.25, 0.3) is 0 Å². The van der Waals surface area contributed by atoms with Crippen LogP contribution in [0.4, 0.5) is 5.69 Å². The summed E-state index contributed by atoms with van der Waals surface area (Å²) in [5.74, 6) is 0.486. The molecule has 0 saturated heterocycles. The molecule has 1 aliphatic rings. The molecular formula is C31H34N4OS. The Kier molecular flexibility index (Phi) is 6.76. The lowest BCUT2D eigenvalue weighted by molar-refractivity contribution is -0.115. The second-order valence-corrected chi connectivity index (χ2v) is 12.4. The van der Waals surface area contributed by atoms with Crippen LogP contribution in [-0.2, 0) is 24.2 Å². The molecule has 0 aliphatic heterocycles. The van der Waals surface area contributed by atoms with E-state index in [1.807, 2.05) is 25.1 Å². The van der Waals surface area contributed by atoms with Crippen LogP contribution in [0.5, 0.6) is 0 Å². The molecule has 6 heteroatoms. The molecular weight excluding hydrogens is 476 g/mol. The van der Waals surface area contributed by atoms with Crippen molar-refractivity contribution >= 4 is 45.2 Å². The largest absolute Gasteiger partial charge is 0.341 e. The SMILES string of the molecule is CCn1c2ccccc2c2cc(NC(=O)C(C)Sc3nc4c(cc3C#N)CC(C(C)(C)C)CC4)ccc21. The summed E-state index contributed by atoms with van der Waals surface area (Å²) in [4.78, 5) is 18.0. The van der Waals surface area contributed by atoms with Gasteiger partial charge in [0.15, 0.2) is 0 Å². The highest BCUT2D eigenvalue weighted by Crippen LogP contribution is 2.38. The third-order valence-corrected chi connectivity index (χ3v) is 8.81. The van der Waals surface area contributed by atoms with E-state index in [0.29, 0.717) is 16.5 Å². The molecule has 2 atom stereocenters. The Morgan fingerprint density at radius 3 is 2.68 bits per heavy atom. The minimum atomic E-state index is -0.392. The molecule has 2 heterocycles. The van der Waals surface area contributed by atoms with Gasteiger partial charge in [-0.3, -0.25) is 4.79 Å². The Morgan fingerprint density at radius 1 is 1.19 bits per heavy atom. The van der Waals surface area contributed by atoms with Crippen LogP contribution in [0.15, 0.2) is 53.6 Å². The molecule has 1 aliphatic carbocycles. The van der Waals surface area contributed by atoms with Gasteiger partial charge in [-0.1, -0.05) is 50.7 Å². The van der Waals surface area contributed by atoms with Gasteiger partial charge in [-0.05, 0) is 80.3 Å². The van der Waals surface area contributed by atoms with Crippen molar-refractivity contribution < 1.29 is 4.79 Å². The minimum Gasteiger partial charge on any atom is -0.341 e. The monoisotopic (exact) mass is 510 g/mol. The van der Waals surface area contributed by atoms with E-state index in [2.05, 4.69) is 74.0 Å². The van der Waals surface area contributed by atoms with E-state index in [4.69, 9.17) is 4.98 Å². The Hall–Kier alpha value is -3.30. The van der Waals surface area contributed by atoms with Crippen LogP contribution in [-0.4, -0.2) is 20.7 Å². The van der Waals surface area contributed by atoms with Crippen molar-refractivity contribution in [1.82, 2.24) is 9.55 Å². The van der Waals surface area contributed by atoms with Gasteiger partial charge in [0.05, 0.1) is 10.8 Å². The van der Waals surface area contributed by atoms with Crippen molar-refractivity contribution in [3.05, 3.63) is 65.4 Å². The number of carbonyl (C=O) groups is 1. The number of aryl methyl sites for hydroxylation is 2. The van der Waals surface area contributed by atoms with Crippen LogP contribution in [0.3, 0.4) is 0 Å². The number of rotatable bonds is 5. The van der Waals surface area contributed by atoms with Crippen molar-refractivity contribution in [2.75, 3.05) is 5.32 Å². The van der Waals surface area contributed by atoms with E-state index in [0.717, 1.165) is 48.1 Å². The standard InChI is InChI=1S/C31H34N4OS/c1-6-35-27-10-8-7-9-24(27)25-17-23(12-14-28(25)35)33-29(36)19(2)37-30-21(18-32)15-20-16-22(31(3,4)5)11-13-26(20)34-30/h7-10,12,14-15,17,19,22H,6,11,13,16H2,1-5H3,(H,33,36). The fraction of sp³-hybridized carbons (Fsp3) is 0.387. The zero-order chi connectivity index (χ0) is 26.3. The summed E-state index contributed by atoms with van der Waals surface area (Å²) in [6.45, 7) is 11.8. The van der Waals surface area contributed by atoms with E-state index < -0.39 is 5.25 Å². The van der Waals surface area contributed by atoms with Gasteiger partial charge in [-0.25, -0.2) is 4.98 Å². The highest BCUT2D eigenvalue weighted by molar-refractivity contribution is 8.00. The van der Waals surface area contributed by atoms with Gasteiger partial charge in [0.1, 0.15) is 11.1 Å². The first-order chi connectivity index (χ1) is 17.7. The number of fused-ring (bicyclic) bond motifs is 4. The molecule has 0 bridgehead atoms. The number of nitriles is 1. The fourth-order valence-electron chi connectivity index (χ4n) is 5.49. The van der Waals surface area contributed by atoms with Gasteiger partial charge in [0, 0.05) is 39.7 Å². The van der Waals surface area contributed by atoms with E-state index in [1.165, 1.54) is 28.2 Å². The molecule has 0 saturated carbocycles. The Morgan fingerprint density at radius 2 is 1.95 bits per heavy atom. The number of aromatic nitrogens is 2. The lowest BCUT2D eigenvalue weighted by Gasteiger charge is -2.34. The summed E-state index contributed by atoms with van der Waals surface area (Å²) in [5.41, 5.74) is 6.19. The number of carbonyl (C=O) groups excluding carboxylic acids is 1. The molecule has 1 N–H and O–H groups in total. The number of hydrogen-bond donors (Lipinski definition) is 1. The summed E-state index contributed by atoms with van der Waals surface area (Å²) in [7, 11) is 0. The molecule has 2 aromatic carbocycles. The van der Waals surface area contributed by atoms with Gasteiger partial charge in [0.2, 0.25) is 5.91 Å². The average Bonchev–Trinajstić information content (AvgIpc) is 3.20. The van der Waals surface area contributed by atoms with Crippen molar-refractivity contribution in [2.45, 2.75) is 70.7 Å². The van der Waals surface area contributed by atoms with Gasteiger partial charge in [-0.15, -0.1) is 0 Å². The van der Waals surface area contributed by atoms with Crippen LogP contribution in [0, 0.1) is 22.7 Å². The van der Waals surface area contributed by atoms with Crippen LogP contribution in [0.2, 0.25) is 0 Å². The molecule has 5 nitrogen and oxygen atoms in total. The second-order valence-electron chi connectivity index (χ2n) is 11.1. The zero-order valence-electron chi connectivity index (χ0n) is 22.3. The topological polar surface area (TPSA) is 70.7 Å². The summed E-state index contributed by atoms with van der Waals surface area (Å²) in [6, 6.07) is 18.8. The molecule has 0 fully saturated rings. The molecule has 2 aromatic heterocycles. The molecule has 37 heavy (non-hydrogen) atoms. The molecule has 0 spiro atoms. The number of amides is 1. The maximum Gasteiger partial charge on any atom is 0.237 e. The first-order valence-electron chi connectivity index (χ1n) is 13.1. The first kappa shape index (κ1) is 25.4. The maximum atomic E-state index is 13.2. The summed E-state index contributed by atoms with van der Waals surface area (Å²) in [5, 5.41) is 15.5. The van der Waals surface area contributed by atoms with E-state index in [9.17, 15) is 10.1 Å². The third kappa shape index (κ3) is 4.85. The third-order valence-electron chi connectivity index (χ3n) is 7.71. The number of thioether (sulfide) groups is 1. The number of benzene rings is 2. The summed E-state index contributed by atoms with van der Waals surface area (Å²) in [6.07, 6.45) is 2.98. The van der Waals surface area contributed by atoms with Crippen LogP contribution in [0.25, 0.3) is 21.8 Å². The first-order valence-corrected chi connectivity index (χ1v) is 14.0. The van der Waals surface area contributed by atoms with Gasteiger partial charge >= 0.3 is 0 Å². The second kappa shape index (κ2) is 9.87. The van der Waals surface area contributed by atoms with Crippen molar-refractivity contribution in [1.29, 1.82) is 5.26 Å². The van der Waals surface area contributed by atoms with Crippen molar-refractivity contribution in [3.63, 3.8) is 0 Å². The normalized spacial score (nSPS) is 16.4. The van der Waals surface area contributed by atoms with Crippen molar-refractivity contribution in [3.8, 4) is 6.07 Å². The van der Waals surface area contributed by atoms with E-state index >= 15 is 0 Å². The number of nitrogens with zero attached hydrogens (tertiary/aromatic N) is 3. The fourth-order valence-corrected chi connectivity index (χ4v) is 6.39. The summed E-state index contributed by atoms with van der Waals surface area (Å²) < 4.78 is 2.30. The van der Waals surface area contributed by atoms with Crippen LogP contribution >= 0.6 is 11.8 Å². The highest BCUT2D eigenvalue weighted by atomic mass is 32.2. The van der Waals surface area contributed by atoms with Gasteiger partial charge < -0.3 is 9.88 Å². The Labute approximate surface area is 223 Å². The molecule has 0 radical (unpaired) electrons. The molecule has 190 valence electrons. The zero-order valence-corrected chi connectivity index (χ0v) is 23.1. The number of anilines is 1. The summed E-state index contributed by atoms with van der Waals surface area (Å²) >= 11 is 1.37. The van der Waals surface area contributed by atoms with Crippen LogP contribution < -0.4 is 5.32 Å². The van der Waals surface area contributed by atoms with Crippen molar-refractivity contribution in [2.24, 2.45) is 11.3 Å². The number of hydrogen-bond acceptors (Lipinski definition) is 4. The number of para-hydroxylation sites is 1. The highest BCUT2D eigenvalue weighted by Gasteiger charge is 2.30. The van der Waals surface area contributed by atoms with E-state index in [1.54, 1.807) is 0 Å². The average molecular weight is 511 g/mol. The van der Waals surface area contributed by atoms with E-state index in [-0.39, 0.29) is 11.3 Å². The molecule has 5 rings (SSSR count). The Balaban J connectivity index is 1.35. The molecule has 1 amide bonds. The predicted molar refractivity (Wildman–Crippen MR) is 153 cm³/mol. The number of pyridine rings is 1. The number of nitrogens with one attached hydrogen (secondary N) is 1. The molecule has 4 aromatic rings. The quantitative estimate of drug-likeness (QED) is 0.285. The maximum absolute atomic E-state index is 13.2. The smallest absolute Gasteiger partial charge is 0.237 e. The Bertz CT molecular complexity index is 1540. The van der Waals surface area contributed by atoms with Crippen LogP contribution in [0.1, 0.15) is 57.9 Å². The van der Waals surface area contributed by atoms with Gasteiger partial charge in [-0.2, -0.15) is 5.26 Å². The lowest BCUT2D eigenvalue weighted by Crippen LogP contribution is -2.27. The lowest BCUT2D eigenvalue weighted by atomic mass is 9.71. The molecule has 2 unspecified atom stereocenters. The minimum absolute atomic E-state index is 0.0974.